The zero-order valence-corrected chi connectivity index (χ0v) is 9.44. The van der Waals surface area contributed by atoms with Gasteiger partial charge in [-0.1, -0.05) is 23.7 Å². The lowest BCUT2D eigenvalue weighted by molar-refractivity contribution is -0.110. The minimum atomic E-state index is -0.322. The van der Waals surface area contributed by atoms with Crippen molar-refractivity contribution >= 4 is 23.7 Å². The van der Waals surface area contributed by atoms with E-state index in [4.69, 9.17) is 16.4 Å². The van der Waals surface area contributed by atoms with Gasteiger partial charge in [0.15, 0.2) is 6.17 Å². The summed E-state index contributed by atoms with van der Waals surface area (Å²) in [5.74, 6) is 0.722. The maximum atomic E-state index is 10.5. The number of rotatable bonds is 3. The van der Waals surface area contributed by atoms with Crippen LogP contribution in [0.1, 0.15) is 6.92 Å². The van der Waals surface area contributed by atoms with E-state index in [9.17, 15) is 4.79 Å². The molecule has 0 saturated heterocycles. The molecule has 1 heterocycles. The van der Waals surface area contributed by atoms with Crippen molar-refractivity contribution in [1.29, 1.82) is 0 Å². The summed E-state index contributed by atoms with van der Waals surface area (Å²) in [5.41, 5.74) is 0.719. The molecule has 0 fully saturated rings. The molecule has 0 bridgehead atoms. The van der Waals surface area contributed by atoms with Gasteiger partial charge >= 0.3 is 0 Å². The van der Waals surface area contributed by atoms with E-state index in [-0.39, 0.29) is 6.17 Å². The number of carbonyl (C=O) groups excluding carboxylic acids is 1. The van der Waals surface area contributed by atoms with Crippen LogP contribution in [0.4, 0.5) is 5.69 Å². The first kappa shape index (κ1) is 10.8. The van der Waals surface area contributed by atoms with E-state index in [2.05, 4.69) is 5.32 Å². The van der Waals surface area contributed by atoms with Crippen molar-refractivity contribution in [3.63, 3.8) is 0 Å². The highest BCUT2D eigenvalue weighted by atomic mass is 35.5. The van der Waals surface area contributed by atoms with Crippen molar-refractivity contribution in [2.45, 2.75) is 13.1 Å². The van der Waals surface area contributed by atoms with Crippen molar-refractivity contribution < 1.29 is 9.63 Å². The summed E-state index contributed by atoms with van der Waals surface area (Å²) in [4.78, 5) is 16.0. The van der Waals surface area contributed by atoms with Crippen molar-refractivity contribution in [1.82, 2.24) is 5.32 Å². The second-order valence-corrected chi connectivity index (χ2v) is 3.78. The number of allylic oxidation sites excluding steroid dienone is 1. The molecule has 1 aliphatic heterocycles. The lowest BCUT2D eigenvalue weighted by atomic mass is 10.3. The van der Waals surface area contributed by atoms with Crippen LogP contribution in [0, 0.1) is 0 Å². The Bertz CT molecular complexity index is 434. The standard InChI is InChI=1S/C11H11ClN2O2/c1-8-6-11(13-7-15)14(16-8)10-5-3-2-4-9(10)12/h2-7,11H,1H3,(H,13,15). The molecule has 0 radical (unpaired) electrons. The first-order valence-corrected chi connectivity index (χ1v) is 5.20. The molecule has 1 aliphatic rings. The fraction of sp³-hybridized carbons (Fsp3) is 0.182. The lowest BCUT2D eigenvalue weighted by Crippen LogP contribution is -2.40. The molecule has 0 spiro atoms. The Labute approximate surface area is 98.4 Å². The predicted octanol–water partition coefficient (Wildman–Crippen LogP) is 2.07. The van der Waals surface area contributed by atoms with Gasteiger partial charge in [0.05, 0.1) is 10.7 Å². The molecular formula is C11H11ClN2O2. The van der Waals surface area contributed by atoms with Gasteiger partial charge in [-0.3, -0.25) is 4.79 Å². The molecule has 5 heteroatoms. The Kier molecular flexibility index (Phi) is 3.01. The van der Waals surface area contributed by atoms with Gasteiger partial charge in [-0.05, 0) is 19.1 Å². The molecular weight excluding hydrogens is 228 g/mol. The molecule has 0 aromatic heterocycles. The Morgan fingerprint density at radius 3 is 2.94 bits per heavy atom. The number of benzene rings is 1. The van der Waals surface area contributed by atoms with Crippen LogP contribution in [0.15, 0.2) is 36.1 Å². The molecule has 84 valence electrons. The Hall–Kier alpha value is -1.68. The van der Waals surface area contributed by atoms with Crippen LogP contribution in [-0.4, -0.2) is 12.6 Å². The lowest BCUT2D eigenvalue weighted by Gasteiger charge is -2.24. The van der Waals surface area contributed by atoms with Crippen LogP contribution in [0.5, 0.6) is 0 Å². The summed E-state index contributed by atoms with van der Waals surface area (Å²) >= 11 is 6.06. The van der Waals surface area contributed by atoms with Crippen molar-refractivity contribution in [3.05, 3.63) is 41.1 Å². The summed E-state index contributed by atoms with van der Waals surface area (Å²) in [6.45, 7) is 1.82. The summed E-state index contributed by atoms with van der Waals surface area (Å²) in [6, 6.07) is 7.29. The third kappa shape index (κ3) is 1.97. The number of para-hydroxylation sites is 1. The smallest absolute Gasteiger partial charge is 0.209 e. The van der Waals surface area contributed by atoms with Gasteiger partial charge in [-0.25, -0.2) is 0 Å². The molecule has 4 nitrogen and oxygen atoms in total. The largest absolute Gasteiger partial charge is 0.382 e. The number of nitrogens with zero attached hydrogens (tertiary/aromatic N) is 1. The molecule has 1 N–H and O–H groups in total. The molecule has 2 rings (SSSR count). The van der Waals surface area contributed by atoms with Crippen LogP contribution in [0.25, 0.3) is 0 Å². The monoisotopic (exact) mass is 238 g/mol. The van der Waals surface area contributed by atoms with Crippen molar-refractivity contribution in [2.75, 3.05) is 5.06 Å². The fourth-order valence-corrected chi connectivity index (χ4v) is 1.77. The first-order chi connectivity index (χ1) is 7.72. The normalized spacial score (nSPS) is 19.0. The number of hydrogen-bond donors (Lipinski definition) is 1. The number of halogens is 1. The number of nitrogens with one attached hydrogen (secondary N) is 1. The molecule has 1 aromatic rings. The Morgan fingerprint density at radius 1 is 1.50 bits per heavy atom. The maximum Gasteiger partial charge on any atom is 0.209 e. The van der Waals surface area contributed by atoms with Crippen LogP contribution < -0.4 is 10.4 Å². The molecule has 1 atom stereocenters. The summed E-state index contributed by atoms with van der Waals surface area (Å²) in [5, 5.41) is 4.77. The fourth-order valence-electron chi connectivity index (χ4n) is 1.55. The number of anilines is 1. The van der Waals surface area contributed by atoms with E-state index in [1.54, 1.807) is 17.2 Å². The van der Waals surface area contributed by atoms with Gasteiger partial charge in [0.25, 0.3) is 0 Å². The number of carbonyl (C=O) groups is 1. The zero-order valence-electron chi connectivity index (χ0n) is 8.68. The SMILES string of the molecule is CC1=CC(NC=O)N(c2ccccc2Cl)O1. The van der Waals surface area contributed by atoms with Gasteiger partial charge in [-0.15, -0.1) is 0 Å². The average molecular weight is 239 g/mol. The van der Waals surface area contributed by atoms with Gasteiger partial charge < -0.3 is 10.2 Å². The van der Waals surface area contributed by atoms with Crippen molar-refractivity contribution in [3.8, 4) is 0 Å². The Morgan fingerprint density at radius 2 is 2.25 bits per heavy atom. The van der Waals surface area contributed by atoms with E-state index < -0.39 is 0 Å². The molecule has 1 amide bonds. The highest BCUT2D eigenvalue weighted by Gasteiger charge is 2.26. The van der Waals surface area contributed by atoms with E-state index in [0.29, 0.717) is 11.4 Å². The molecule has 16 heavy (non-hydrogen) atoms. The average Bonchev–Trinajstić information content (AvgIpc) is 2.61. The molecule has 0 aliphatic carbocycles. The number of amides is 1. The number of hydrogen-bond acceptors (Lipinski definition) is 3. The highest BCUT2D eigenvalue weighted by molar-refractivity contribution is 6.33. The third-order valence-corrected chi connectivity index (χ3v) is 2.54. The minimum absolute atomic E-state index is 0.322. The van der Waals surface area contributed by atoms with Crippen LogP contribution in [0.3, 0.4) is 0 Å². The van der Waals surface area contributed by atoms with E-state index in [1.807, 2.05) is 25.1 Å². The molecule has 1 unspecified atom stereocenters. The Balaban J connectivity index is 2.28. The van der Waals surface area contributed by atoms with Gasteiger partial charge in [0.2, 0.25) is 6.41 Å². The maximum absolute atomic E-state index is 10.5. The van der Waals surface area contributed by atoms with Crippen LogP contribution in [0.2, 0.25) is 5.02 Å². The molecule has 1 aromatic carbocycles. The molecule has 0 saturated carbocycles. The van der Waals surface area contributed by atoms with E-state index >= 15 is 0 Å². The van der Waals surface area contributed by atoms with Gasteiger partial charge in [0, 0.05) is 6.08 Å². The van der Waals surface area contributed by atoms with E-state index in [1.165, 1.54) is 0 Å². The highest BCUT2D eigenvalue weighted by Crippen LogP contribution is 2.30. The second kappa shape index (κ2) is 4.45. The first-order valence-electron chi connectivity index (χ1n) is 4.82. The zero-order chi connectivity index (χ0) is 11.5. The number of hydroxylamine groups is 1. The topological polar surface area (TPSA) is 41.6 Å². The predicted molar refractivity (Wildman–Crippen MR) is 61.8 cm³/mol. The van der Waals surface area contributed by atoms with E-state index in [0.717, 1.165) is 11.4 Å². The van der Waals surface area contributed by atoms with Gasteiger partial charge in [-0.2, -0.15) is 5.06 Å². The summed E-state index contributed by atoms with van der Waals surface area (Å²) in [6.07, 6.45) is 2.11. The van der Waals surface area contributed by atoms with Gasteiger partial charge in [0.1, 0.15) is 5.76 Å². The third-order valence-electron chi connectivity index (χ3n) is 2.22. The van der Waals surface area contributed by atoms with Crippen molar-refractivity contribution in [2.24, 2.45) is 0 Å². The van der Waals surface area contributed by atoms with Crippen LogP contribution in [-0.2, 0) is 9.63 Å². The quantitative estimate of drug-likeness (QED) is 0.820. The second-order valence-electron chi connectivity index (χ2n) is 3.38. The summed E-state index contributed by atoms with van der Waals surface area (Å²) < 4.78 is 0. The minimum Gasteiger partial charge on any atom is -0.382 e. The van der Waals surface area contributed by atoms with Crippen LogP contribution >= 0.6 is 11.6 Å². The summed E-state index contributed by atoms with van der Waals surface area (Å²) in [7, 11) is 0.